The zero-order chi connectivity index (χ0) is 43.7. The maximum Gasteiger partial charge on any atom is 0.165 e. The van der Waals surface area contributed by atoms with E-state index in [0.29, 0.717) is 5.82 Å². The number of hydrogen-bond donors (Lipinski definition) is 0. The van der Waals surface area contributed by atoms with Crippen LogP contribution in [0, 0.1) is 0 Å². The maximum absolute atomic E-state index is 5.37. The largest absolute Gasteiger partial charge is 0.309 e. The summed E-state index contributed by atoms with van der Waals surface area (Å²) in [6, 6.07) is 68.1. The first-order valence-corrected chi connectivity index (χ1v) is 22.2. The molecule has 0 atom stereocenters. The van der Waals surface area contributed by atoms with E-state index in [2.05, 4.69) is 239 Å². The standard InChI is InChI=1S/C59H49N5/c1-58(2,3)56-60-55(61-57(62-56)59(4,5)6)48-37-42(43-23-13-16-26-49(43)63-50-27-17-14-24-44(50)45-25-15-18-28-51(45)63)31-34-54(48)64-52-32-29-40(38-19-9-7-10-20-38)35-46(52)47-36-41(30-33-53(47)64)39-21-11-8-12-22-39/h7-37H,1-6H3. The Morgan fingerprint density at radius 2 is 0.734 bits per heavy atom. The van der Waals surface area contributed by atoms with Crippen LogP contribution >= 0.6 is 0 Å². The molecule has 0 radical (unpaired) electrons. The van der Waals surface area contributed by atoms with Crippen LogP contribution in [0.25, 0.3) is 99.8 Å². The second-order valence-electron chi connectivity index (χ2n) is 19.0. The van der Waals surface area contributed by atoms with Crippen molar-refractivity contribution in [2.24, 2.45) is 0 Å². The van der Waals surface area contributed by atoms with E-state index >= 15 is 0 Å². The summed E-state index contributed by atoms with van der Waals surface area (Å²) in [5.74, 6) is 2.20. The Bertz CT molecular complexity index is 3380. The first-order chi connectivity index (χ1) is 31.0. The SMILES string of the molecule is CC(C)(C)c1nc(-c2cc(-c3ccccc3-n3c4ccccc4c4ccccc43)ccc2-n2c3ccc(-c4ccccc4)cc3c3cc(-c4ccccc4)ccc32)nc(C(C)(C)C)n1. The summed E-state index contributed by atoms with van der Waals surface area (Å²) in [6.45, 7) is 13.1. The topological polar surface area (TPSA) is 48.5 Å². The van der Waals surface area contributed by atoms with Gasteiger partial charge in [-0.3, -0.25) is 0 Å². The fourth-order valence-electron chi connectivity index (χ4n) is 9.24. The quantitative estimate of drug-likeness (QED) is 0.168. The molecule has 0 saturated heterocycles. The van der Waals surface area contributed by atoms with Gasteiger partial charge < -0.3 is 9.13 Å². The van der Waals surface area contributed by atoms with E-state index in [1.54, 1.807) is 0 Å². The van der Waals surface area contributed by atoms with E-state index < -0.39 is 0 Å². The molecule has 11 aromatic rings. The van der Waals surface area contributed by atoms with Gasteiger partial charge in [-0.1, -0.05) is 175 Å². The molecular weight excluding hydrogens is 779 g/mol. The zero-order valence-corrected chi connectivity index (χ0v) is 37.1. The fourth-order valence-corrected chi connectivity index (χ4v) is 9.24. The zero-order valence-electron chi connectivity index (χ0n) is 37.1. The molecule has 11 rings (SSSR count). The monoisotopic (exact) mass is 827 g/mol. The van der Waals surface area contributed by atoms with Crippen LogP contribution in [0.3, 0.4) is 0 Å². The number of fused-ring (bicyclic) bond motifs is 6. The second-order valence-corrected chi connectivity index (χ2v) is 19.0. The van der Waals surface area contributed by atoms with E-state index in [1.165, 1.54) is 54.8 Å². The third-order valence-corrected chi connectivity index (χ3v) is 12.5. The van der Waals surface area contributed by atoms with Crippen LogP contribution in [0.15, 0.2) is 188 Å². The van der Waals surface area contributed by atoms with Gasteiger partial charge in [-0.2, -0.15) is 0 Å². The fraction of sp³-hybridized carbons (Fsp3) is 0.136. The predicted molar refractivity (Wildman–Crippen MR) is 268 cm³/mol. The number of rotatable bonds is 6. The van der Waals surface area contributed by atoms with Crippen LogP contribution in [0.2, 0.25) is 0 Å². The molecule has 64 heavy (non-hydrogen) atoms. The third kappa shape index (κ3) is 6.67. The van der Waals surface area contributed by atoms with E-state index in [0.717, 1.165) is 50.7 Å². The molecule has 0 aliphatic carbocycles. The summed E-state index contributed by atoms with van der Waals surface area (Å²) in [7, 11) is 0. The van der Waals surface area contributed by atoms with E-state index in [1.807, 2.05) is 0 Å². The number of hydrogen-bond acceptors (Lipinski definition) is 3. The molecule has 0 saturated carbocycles. The molecule has 5 nitrogen and oxygen atoms in total. The van der Waals surface area contributed by atoms with Crippen LogP contribution in [-0.2, 0) is 10.8 Å². The molecule has 0 unspecified atom stereocenters. The van der Waals surface area contributed by atoms with Crippen molar-refractivity contribution in [3.8, 4) is 56.1 Å². The second kappa shape index (κ2) is 15.0. The Hall–Kier alpha value is -7.63. The van der Waals surface area contributed by atoms with Crippen LogP contribution in [-0.4, -0.2) is 24.1 Å². The van der Waals surface area contributed by atoms with Gasteiger partial charge in [0, 0.05) is 43.5 Å². The first-order valence-electron chi connectivity index (χ1n) is 22.2. The van der Waals surface area contributed by atoms with Crippen LogP contribution in [0.1, 0.15) is 53.2 Å². The van der Waals surface area contributed by atoms with Crippen LogP contribution < -0.4 is 0 Å². The minimum Gasteiger partial charge on any atom is -0.309 e. The summed E-state index contributed by atoms with van der Waals surface area (Å²) in [6.07, 6.45) is 0. The number of nitrogens with zero attached hydrogens (tertiary/aromatic N) is 5. The number of para-hydroxylation sites is 3. The molecule has 0 fully saturated rings. The normalized spacial score (nSPS) is 12.2. The van der Waals surface area contributed by atoms with Gasteiger partial charge in [-0.25, -0.2) is 15.0 Å². The number of benzene rings is 8. The molecule has 0 amide bonds. The van der Waals surface area contributed by atoms with E-state index in [4.69, 9.17) is 15.0 Å². The van der Waals surface area contributed by atoms with Crippen molar-refractivity contribution in [2.75, 3.05) is 0 Å². The highest BCUT2D eigenvalue weighted by atomic mass is 15.1. The smallest absolute Gasteiger partial charge is 0.165 e. The molecule has 310 valence electrons. The average Bonchev–Trinajstić information content (AvgIpc) is 3.83. The van der Waals surface area contributed by atoms with E-state index in [-0.39, 0.29) is 10.8 Å². The molecule has 3 aromatic heterocycles. The lowest BCUT2D eigenvalue weighted by atomic mass is 9.92. The summed E-state index contributed by atoms with van der Waals surface area (Å²) in [5, 5.41) is 4.83. The van der Waals surface area contributed by atoms with Crippen LogP contribution in [0.4, 0.5) is 0 Å². The molecule has 8 aromatic carbocycles. The molecule has 0 N–H and O–H groups in total. The summed E-state index contributed by atoms with van der Waals surface area (Å²) >= 11 is 0. The minimum atomic E-state index is -0.312. The molecule has 3 heterocycles. The molecular formula is C59H49N5. The molecule has 5 heteroatoms. The molecule has 0 spiro atoms. The van der Waals surface area contributed by atoms with Gasteiger partial charge in [-0.05, 0) is 82.4 Å². The molecule has 0 bridgehead atoms. The van der Waals surface area contributed by atoms with Gasteiger partial charge in [0.25, 0.3) is 0 Å². The lowest BCUT2D eigenvalue weighted by Gasteiger charge is -2.24. The Morgan fingerprint density at radius 1 is 0.312 bits per heavy atom. The van der Waals surface area contributed by atoms with Gasteiger partial charge in [-0.15, -0.1) is 0 Å². The van der Waals surface area contributed by atoms with Crippen LogP contribution in [0.5, 0.6) is 0 Å². The summed E-state index contributed by atoms with van der Waals surface area (Å²) in [4.78, 5) is 15.9. The summed E-state index contributed by atoms with van der Waals surface area (Å²) < 4.78 is 4.83. The van der Waals surface area contributed by atoms with Gasteiger partial charge in [0.2, 0.25) is 0 Å². The Kier molecular flexibility index (Phi) is 9.21. The van der Waals surface area contributed by atoms with Gasteiger partial charge in [0.1, 0.15) is 11.6 Å². The van der Waals surface area contributed by atoms with Crippen molar-refractivity contribution in [1.29, 1.82) is 0 Å². The lowest BCUT2D eigenvalue weighted by molar-refractivity contribution is 0.497. The maximum atomic E-state index is 5.37. The van der Waals surface area contributed by atoms with Crippen molar-refractivity contribution in [3.05, 3.63) is 200 Å². The Morgan fingerprint density at radius 3 is 1.25 bits per heavy atom. The van der Waals surface area contributed by atoms with Gasteiger partial charge in [0.05, 0.1) is 33.4 Å². The van der Waals surface area contributed by atoms with Crippen molar-refractivity contribution in [3.63, 3.8) is 0 Å². The minimum absolute atomic E-state index is 0.312. The average molecular weight is 828 g/mol. The Balaban J connectivity index is 1.22. The van der Waals surface area contributed by atoms with Crippen molar-refractivity contribution in [1.82, 2.24) is 24.1 Å². The molecule has 0 aliphatic heterocycles. The van der Waals surface area contributed by atoms with E-state index in [9.17, 15) is 0 Å². The highest BCUT2D eigenvalue weighted by molar-refractivity contribution is 6.12. The van der Waals surface area contributed by atoms with Crippen molar-refractivity contribution in [2.45, 2.75) is 52.4 Å². The van der Waals surface area contributed by atoms with Crippen molar-refractivity contribution >= 4 is 43.6 Å². The lowest BCUT2D eigenvalue weighted by Crippen LogP contribution is -2.24. The predicted octanol–water partition coefficient (Wildman–Crippen LogP) is 15.3. The molecule has 0 aliphatic rings. The first kappa shape index (κ1) is 39.2. The highest BCUT2D eigenvalue weighted by Crippen LogP contribution is 2.42. The number of aromatic nitrogens is 5. The third-order valence-electron chi connectivity index (χ3n) is 12.5. The highest BCUT2D eigenvalue weighted by Gasteiger charge is 2.28. The Labute approximate surface area is 374 Å². The van der Waals surface area contributed by atoms with Crippen molar-refractivity contribution < 1.29 is 0 Å². The van der Waals surface area contributed by atoms with Gasteiger partial charge >= 0.3 is 0 Å². The summed E-state index contributed by atoms with van der Waals surface area (Å²) in [5.41, 5.74) is 13.9. The van der Waals surface area contributed by atoms with Gasteiger partial charge in [0.15, 0.2) is 5.82 Å².